The highest BCUT2D eigenvalue weighted by Crippen LogP contribution is 2.33. The van der Waals surface area contributed by atoms with Crippen LogP contribution in [0.25, 0.3) is 0 Å². The average Bonchev–Trinajstić information content (AvgIpc) is 3.11. The third-order valence-electron chi connectivity index (χ3n) is 9.18. The lowest BCUT2D eigenvalue weighted by Gasteiger charge is -2.34. The fourth-order valence-electron chi connectivity index (χ4n) is 6.58. The summed E-state index contributed by atoms with van der Waals surface area (Å²) < 4.78 is 10.9. The monoisotopic (exact) mass is 617 g/mol. The lowest BCUT2D eigenvalue weighted by molar-refractivity contribution is 0.251. The first-order valence-corrected chi connectivity index (χ1v) is 16.4. The van der Waals surface area contributed by atoms with Gasteiger partial charge in [-0.3, -0.25) is 9.80 Å². The van der Waals surface area contributed by atoms with Gasteiger partial charge in [0.1, 0.15) is 11.5 Å². The topological polar surface area (TPSA) is 68.0 Å². The van der Waals surface area contributed by atoms with Crippen molar-refractivity contribution in [1.82, 2.24) is 0 Å². The lowest BCUT2D eigenvalue weighted by atomic mass is 9.81. The van der Waals surface area contributed by atoms with E-state index in [9.17, 15) is 4.79 Å². The number of methoxy groups -OCH3 is 2. The average molecular weight is 618 g/mol. The Morgan fingerprint density at radius 3 is 1.76 bits per heavy atom. The molecule has 240 valence electrons. The van der Waals surface area contributed by atoms with Crippen molar-refractivity contribution in [3.05, 3.63) is 132 Å². The smallest absolute Gasteiger partial charge is 0.329 e. The Balaban J connectivity index is 1.47. The molecule has 2 amide bonds. The standard InChI is InChI=1S/C40H47N3O3/c1-30(28-33-16-10-11-17-39(33)41)29-43(35-20-24-37(46-3)25-21-35)40(44)42(34-18-22-36(45-2)23-19-34)27-26-38(31-12-6-4-7-13-31)32-14-8-5-9-15-32/h4-9,12-15,18-25,33,38-39H,1,10-11,16-17,26-29,41H2,2-3H3. The molecule has 1 saturated carbocycles. The van der Waals surface area contributed by atoms with Crippen LogP contribution in [0.4, 0.5) is 16.2 Å². The van der Waals surface area contributed by atoms with Gasteiger partial charge in [0.15, 0.2) is 0 Å². The van der Waals surface area contributed by atoms with Gasteiger partial charge in [0.2, 0.25) is 0 Å². The fraction of sp³-hybridized carbons (Fsp3) is 0.325. The summed E-state index contributed by atoms with van der Waals surface area (Å²) in [5.74, 6) is 1.99. The van der Waals surface area contributed by atoms with Crippen molar-refractivity contribution < 1.29 is 14.3 Å². The third-order valence-corrected chi connectivity index (χ3v) is 9.18. The van der Waals surface area contributed by atoms with Gasteiger partial charge in [-0.05, 0) is 91.3 Å². The molecule has 4 aromatic rings. The van der Waals surface area contributed by atoms with Crippen molar-refractivity contribution in [3.8, 4) is 11.5 Å². The maximum atomic E-state index is 14.9. The first-order chi connectivity index (χ1) is 22.5. The van der Waals surface area contributed by atoms with E-state index in [1.165, 1.54) is 24.0 Å². The van der Waals surface area contributed by atoms with Gasteiger partial charge in [-0.2, -0.15) is 0 Å². The number of carbonyl (C=O) groups excluding carboxylic acids is 1. The molecular weight excluding hydrogens is 570 g/mol. The van der Waals surface area contributed by atoms with Crippen molar-refractivity contribution in [2.24, 2.45) is 11.7 Å². The number of carbonyl (C=O) groups is 1. The molecule has 0 spiro atoms. The molecule has 2 atom stereocenters. The Bertz CT molecular complexity index is 1480. The predicted molar refractivity (Wildman–Crippen MR) is 189 cm³/mol. The van der Waals surface area contributed by atoms with Crippen LogP contribution in [0, 0.1) is 5.92 Å². The molecule has 4 aromatic carbocycles. The summed E-state index contributed by atoms with van der Waals surface area (Å²) in [6, 6.07) is 36.5. The van der Waals surface area contributed by atoms with E-state index in [0.29, 0.717) is 19.0 Å². The summed E-state index contributed by atoms with van der Waals surface area (Å²) in [4.78, 5) is 18.6. The zero-order chi connectivity index (χ0) is 32.3. The molecule has 2 N–H and O–H groups in total. The van der Waals surface area contributed by atoms with Gasteiger partial charge in [0, 0.05) is 36.4 Å². The van der Waals surface area contributed by atoms with Crippen molar-refractivity contribution >= 4 is 17.4 Å². The molecule has 0 saturated heterocycles. The fourth-order valence-corrected chi connectivity index (χ4v) is 6.58. The van der Waals surface area contributed by atoms with E-state index in [1.54, 1.807) is 14.2 Å². The summed E-state index contributed by atoms with van der Waals surface area (Å²) >= 11 is 0. The number of anilines is 2. The number of rotatable bonds is 13. The molecular formula is C40H47N3O3. The van der Waals surface area contributed by atoms with E-state index in [2.05, 4.69) is 55.1 Å². The van der Waals surface area contributed by atoms with Gasteiger partial charge in [-0.25, -0.2) is 4.79 Å². The van der Waals surface area contributed by atoms with E-state index in [0.717, 1.165) is 54.1 Å². The first kappa shape index (κ1) is 32.8. The van der Waals surface area contributed by atoms with Crippen LogP contribution < -0.4 is 25.0 Å². The van der Waals surface area contributed by atoms with Crippen LogP contribution in [0.1, 0.15) is 55.6 Å². The first-order valence-electron chi connectivity index (χ1n) is 16.4. The minimum absolute atomic E-state index is 0.107. The van der Waals surface area contributed by atoms with Crippen molar-refractivity contribution in [1.29, 1.82) is 0 Å². The summed E-state index contributed by atoms with van der Waals surface area (Å²) in [7, 11) is 3.30. The summed E-state index contributed by atoms with van der Waals surface area (Å²) in [6.45, 7) is 5.37. The van der Waals surface area contributed by atoms with E-state index in [4.69, 9.17) is 15.2 Å². The third kappa shape index (κ3) is 8.38. The van der Waals surface area contributed by atoms with Gasteiger partial charge >= 0.3 is 6.03 Å². The zero-order valence-electron chi connectivity index (χ0n) is 27.2. The SMILES string of the molecule is C=C(CC1CCCCC1N)CN(C(=O)N(CCC(c1ccccc1)c1ccccc1)c1ccc(OC)cc1)c1ccc(OC)cc1. The second kappa shape index (κ2) is 16.1. The normalized spacial score (nSPS) is 16.1. The maximum absolute atomic E-state index is 14.9. The van der Waals surface area contributed by atoms with E-state index in [-0.39, 0.29) is 18.0 Å². The van der Waals surface area contributed by atoms with Crippen LogP contribution in [0.2, 0.25) is 0 Å². The molecule has 1 aliphatic carbocycles. The summed E-state index contributed by atoms with van der Waals surface area (Å²) in [5, 5.41) is 0. The number of ether oxygens (including phenoxy) is 2. The van der Waals surface area contributed by atoms with Gasteiger partial charge in [-0.1, -0.05) is 85.7 Å². The minimum atomic E-state index is -0.107. The number of urea groups is 1. The summed E-state index contributed by atoms with van der Waals surface area (Å²) in [5.41, 5.74) is 11.6. The molecule has 6 nitrogen and oxygen atoms in total. The Morgan fingerprint density at radius 1 is 0.761 bits per heavy atom. The number of hydrogen-bond acceptors (Lipinski definition) is 4. The van der Waals surface area contributed by atoms with E-state index < -0.39 is 0 Å². The molecule has 46 heavy (non-hydrogen) atoms. The summed E-state index contributed by atoms with van der Waals surface area (Å²) in [6.07, 6.45) is 6.09. The molecule has 1 fully saturated rings. The van der Waals surface area contributed by atoms with Crippen LogP contribution >= 0.6 is 0 Å². The highest BCUT2D eigenvalue weighted by Gasteiger charge is 2.28. The number of benzene rings is 4. The highest BCUT2D eigenvalue weighted by molar-refractivity contribution is 6.04. The second-order valence-electron chi connectivity index (χ2n) is 12.2. The second-order valence-corrected chi connectivity index (χ2v) is 12.2. The number of nitrogens with two attached hydrogens (primary N) is 1. The number of nitrogens with zero attached hydrogens (tertiary/aromatic N) is 2. The van der Waals surface area contributed by atoms with Crippen molar-refractivity contribution in [3.63, 3.8) is 0 Å². The maximum Gasteiger partial charge on any atom is 0.329 e. The molecule has 6 heteroatoms. The van der Waals surface area contributed by atoms with E-state index >= 15 is 0 Å². The number of amides is 2. The minimum Gasteiger partial charge on any atom is -0.497 e. The molecule has 1 aliphatic rings. The molecule has 0 bridgehead atoms. The lowest BCUT2D eigenvalue weighted by Crippen LogP contribution is -2.45. The molecule has 2 unspecified atom stereocenters. The van der Waals surface area contributed by atoms with Gasteiger partial charge < -0.3 is 15.2 Å². The zero-order valence-corrected chi connectivity index (χ0v) is 27.2. The van der Waals surface area contributed by atoms with Crippen LogP contribution in [0.5, 0.6) is 11.5 Å². The molecule has 0 heterocycles. The largest absolute Gasteiger partial charge is 0.497 e. The predicted octanol–water partition coefficient (Wildman–Crippen LogP) is 8.82. The van der Waals surface area contributed by atoms with Gasteiger partial charge in [0.25, 0.3) is 0 Å². The Labute approximate surface area is 274 Å². The highest BCUT2D eigenvalue weighted by atomic mass is 16.5. The number of hydrogen-bond donors (Lipinski definition) is 1. The Hall–Kier alpha value is -4.55. The van der Waals surface area contributed by atoms with Crippen LogP contribution in [-0.2, 0) is 0 Å². The quantitative estimate of drug-likeness (QED) is 0.152. The molecule has 0 aromatic heterocycles. The van der Waals surface area contributed by atoms with Crippen LogP contribution in [-0.4, -0.2) is 39.4 Å². The van der Waals surface area contributed by atoms with Crippen LogP contribution in [0.15, 0.2) is 121 Å². The Kier molecular flexibility index (Phi) is 11.5. The molecule has 5 rings (SSSR count). The molecule has 0 radical (unpaired) electrons. The Morgan fingerprint density at radius 2 is 1.26 bits per heavy atom. The van der Waals surface area contributed by atoms with Crippen molar-refractivity contribution in [2.45, 2.75) is 50.5 Å². The van der Waals surface area contributed by atoms with E-state index in [1.807, 2.05) is 70.5 Å². The van der Waals surface area contributed by atoms with Gasteiger partial charge in [-0.15, -0.1) is 0 Å². The molecule has 0 aliphatic heterocycles. The van der Waals surface area contributed by atoms with Crippen LogP contribution in [0.3, 0.4) is 0 Å². The van der Waals surface area contributed by atoms with Crippen molar-refractivity contribution in [2.75, 3.05) is 37.1 Å². The van der Waals surface area contributed by atoms with Gasteiger partial charge in [0.05, 0.1) is 14.2 Å².